The Kier molecular flexibility index (Phi) is 3.42. The highest BCUT2D eigenvalue weighted by Crippen LogP contribution is 2.29. The average molecular weight is 320 g/mol. The van der Waals surface area contributed by atoms with Gasteiger partial charge in [0.25, 0.3) is 0 Å². The molecule has 6 nitrogen and oxygen atoms in total. The van der Waals surface area contributed by atoms with Gasteiger partial charge in [0.15, 0.2) is 5.88 Å². The number of nitrogens with zero attached hydrogens (tertiary/aromatic N) is 3. The molecule has 3 heterocycles. The molecule has 4 aromatic rings. The van der Waals surface area contributed by atoms with Gasteiger partial charge in [0, 0.05) is 29.7 Å². The van der Waals surface area contributed by atoms with Crippen molar-refractivity contribution in [3.05, 3.63) is 60.7 Å². The standard InChI is InChI=1S/C18H16N4O2/c1-12-17(22-9-3-8-19-18(22)20-12)13-10-16(24-11-13)21-14-4-6-15(23-2)7-5-14/h3-11,21H,1-2H3. The third-order valence-corrected chi connectivity index (χ3v) is 3.81. The van der Waals surface area contributed by atoms with E-state index in [0.29, 0.717) is 11.7 Å². The molecule has 6 heteroatoms. The number of benzene rings is 1. The molecular weight excluding hydrogens is 304 g/mol. The number of ether oxygens (including phenoxy) is 1. The Balaban J connectivity index is 1.65. The van der Waals surface area contributed by atoms with E-state index in [2.05, 4.69) is 15.3 Å². The summed E-state index contributed by atoms with van der Waals surface area (Å²) in [4.78, 5) is 8.75. The van der Waals surface area contributed by atoms with Crippen molar-refractivity contribution in [2.75, 3.05) is 12.4 Å². The molecule has 0 bridgehead atoms. The summed E-state index contributed by atoms with van der Waals surface area (Å²) < 4.78 is 12.8. The van der Waals surface area contributed by atoms with E-state index >= 15 is 0 Å². The molecule has 0 saturated carbocycles. The number of aryl methyl sites for hydroxylation is 1. The van der Waals surface area contributed by atoms with Crippen molar-refractivity contribution in [1.82, 2.24) is 14.4 Å². The molecule has 4 rings (SSSR count). The van der Waals surface area contributed by atoms with Crippen LogP contribution >= 0.6 is 0 Å². The second-order valence-electron chi connectivity index (χ2n) is 5.39. The second kappa shape index (κ2) is 5.73. The van der Waals surface area contributed by atoms with Gasteiger partial charge in [0.1, 0.15) is 12.0 Å². The summed E-state index contributed by atoms with van der Waals surface area (Å²) >= 11 is 0. The van der Waals surface area contributed by atoms with E-state index in [0.717, 1.165) is 28.4 Å². The maximum absolute atomic E-state index is 5.65. The molecule has 0 atom stereocenters. The van der Waals surface area contributed by atoms with Crippen molar-refractivity contribution < 1.29 is 9.15 Å². The summed E-state index contributed by atoms with van der Waals surface area (Å²) in [5.74, 6) is 2.15. The average Bonchev–Trinajstić information content (AvgIpc) is 3.18. The summed E-state index contributed by atoms with van der Waals surface area (Å²) in [6.45, 7) is 1.97. The van der Waals surface area contributed by atoms with Crippen LogP contribution in [0.2, 0.25) is 0 Å². The van der Waals surface area contributed by atoms with Crippen molar-refractivity contribution >= 4 is 17.3 Å². The van der Waals surface area contributed by atoms with E-state index in [1.807, 2.05) is 53.9 Å². The largest absolute Gasteiger partial charge is 0.497 e. The number of fused-ring (bicyclic) bond motifs is 1. The summed E-state index contributed by atoms with van der Waals surface area (Å²) in [6.07, 6.45) is 5.40. The minimum absolute atomic E-state index is 0.661. The fourth-order valence-corrected chi connectivity index (χ4v) is 2.69. The van der Waals surface area contributed by atoms with E-state index in [9.17, 15) is 0 Å². The molecule has 1 N–H and O–H groups in total. The number of methoxy groups -OCH3 is 1. The lowest BCUT2D eigenvalue weighted by molar-refractivity contribution is 0.415. The van der Waals surface area contributed by atoms with Gasteiger partial charge < -0.3 is 14.5 Å². The Labute approximate surface area is 138 Å². The van der Waals surface area contributed by atoms with Gasteiger partial charge in [-0.05, 0) is 37.3 Å². The molecule has 0 radical (unpaired) electrons. The van der Waals surface area contributed by atoms with Gasteiger partial charge in [-0.25, -0.2) is 9.97 Å². The Bertz CT molecular complexity index is 986. The molecule has 0 aliphatic rings. The van der Waals surface area contributed by atoms with Gasteiger partial charge in [0.2, 0.25) is 5.78 Å². The smallest absolute Gasteiger partial charge is 0.234 e. The lowest BCUT2D eigenvalue weighted by Crippen LogP contribution is -1.90. The summed E-state index contributed by atoms with van der Waals surface area (Å²) in [5, 5.41) is 3.24. The first-order chi connectivity index (χ1) is 11.7. The molecule has 0 fully saturated rings. The molecule has 0 saturated heterocycles. The molecule has 0 aliphatic carbocycles. The number of rotatable bonds is 4. The van der Waals surface area contributed by atoms with Crippen LogP contribution in [0.1, 0.15) is 5.69 Å². The highest BCUT2D eigenvalue weighted by molar-refractivity contribution is 5.69. The normalized spacial score (nSPS) is 10.9. The van der Waals surface area contributed by atoms with Crippen LogP contribution in [0.5, 0.6) is 5.75 Å². The molecule has 0 aliphatic heterocycles. The van der Waals surface area contributed by atoms with E-state index < -0.39 is 0 Å². The summed E-state index contributed by atoms with van der Waals surface area (Å²) in [6, 6.07) is 11.5. The third-order valence-electron chi connectivity index (χ3n) is 3.81. The Hall–Kier alpha value is -3.28. The van der Waals surface area contributed by atoms with Gasteiger partial charge in [-0.1, -0.05) is 0 Å². The van der Waals surface area contributed by atoms with Gasteiger partial charge in [-0.2, -0.15) is 0 Å². The van der Waals surface area contributed by atoms with Crippen molar-refractivity contribution in [1.29, 1.82) is 0 Å². The lowest BCUT2D eigenvalue weighted by Gasteiger charge is -2.04. The first kappa shape index (κ1) is 14.3. The van der Waals surface area contributed by atoms with E-state index in [4.69, 9.17) is 9.15 Å². The second-order valence-corrected chi connectivity index (χ2v) is 5.39. The third kappa shape index (κ3) is 2.48. The zero-order chi connectivity index (χ0) is 16.5. The summed E-state index contributed by atoms with van der Waals surface area (Å²) in [7, 11) is 1.65. The number of hydrogen-bond donors (Lipinski definition) is 1. The number of furan rings is 1. The topological polar surface area (TPSA) is 64.6 Å². The van der Waals surface area contributed by atoms with Crippen LogP contribution in [-0.4, -0.2) is 21.5 Å². The minimum atomic E-state index is 0.661. The molecule has 0 unspecified atom stereocenters. The van der Waals surface area contributed by atoms with Crippen LogP contribution in [0.4, 0.5) is 11.6 Å². The zero-order valence-corrected chi connectivity index (χ0v) is 13.4. The Morgan fingerprint density at radius 3 is 2.83 bits per heavy atom. The predicted molar refractivity (Wildman–Crippen MR) is 91.7 cm³/mol. The fraction of sp³-hybridized carbons (Fsp3) is 0.111. The van der Waals surface area contributed by atoms with E-state index in [1.165, 1.54) is 0 Å². The molecule has 0 spiro atoms. The SMILES string of the molecule is COc1ccc(Nc2cc(-c3c(C)nc4ncccn34)co2)cc1. The number of imidazole rings is 1. The number of aromatic nitrogens is 3. The van der Waals surface area contributed by atoms with Crippen LogP contribution in [0.15, 0.2) is 59.5 Å². The van der Waals surface area contributed by atoms with E-state index in [-0.39, 0.29) is 0 Å². The lowest BCUT2D eigenvalue weighted by atomic mass is 10.2. The van der Waals surface area contributed by atoms with Crippen LogP contribution < -0.4 is 10.1 Å². The first-order valence-corrected chi connectivity index (χ1v) is 7.54. The maximum atomic E-state index is 5.65. The van der Waals surface area contributed by atoms with Crippen LogP contribution in [0.25, 0.3) is 17.0 Å². The number of nitrogens with one attached hydrogen (secondary N) is 1. The minimum Gasteiger partial charge on any atom is -0.497 e. The van der Waals surface area contributed by atoms with Crippen molar-refractivity contribution in [3.63, 3.8) is 0 Å². The van der Waals surface area contributed by atoms with Crippen LogP contribution in [0.3, 0.4) is 0 Å². The van der Waals surface area contributed by atoms with Crippen molar-refractivity contribution in [2.24, 2.45) is 0 Å². The molecule has 3 aromatic heterocycles. The van der Waals surface area contributed by atoms with Gasteiger partial charge in [-0.3, -0.25) is 4.40 Å². The van der Waals surface area contributed by atoms with Crippen LogP contribution in [0, 0.1) is 6.92 Å². The Morgan fingerprint density at radius 2 is 2.04 bits per heavy atom. The van der Waals surface area contributed by atoms with Crippen molar-refractivity contribution in [2.45, 2.75) is 6.92 Å². The van der Waals surface area contributed by atoms with E-state index in [1.54, 1.807) is 19.6 Å². The van der Waals surface area contributed by atoms with Crippen molar-refractivity contribution in [3.8, 4) is 17.0 Å². The number of hydrogen-bond acceptors (Lipinski definition) is 5. The first-order valence-electron chi connectivity index (χ1n) is 7.54. The van der Waals surface area contributed by atoms with Gasteiger partial charge in [0.05, 0.1) is 18.5 Å². The maximum Gasteiger partial charge on any atom is 0.234 e. The molecular formula is C18H16N4O2. The Morgan fingerprint density at radius 1 is 1.21 bits per heavy atom. The molecule has 1 aromatic carbocycles. The van der Waals surface area contributed by atoms with Gasteiger partial charge in [-0.15, -0.1) is 0 Å². The quantitative estimate of drug-likeness (QED) is 0.614. The fourth-order valence-electron chi connectivity index (χ4n) is 2.69. The summed E-state index contributed by atoms with van der Waals surface area (Å²) in [5.41, 5.74) is 3.76. The highest BCUT2D eigenvalue weighted by atomic mass is 16.5. The highest BCUT2D eigenvalue weighted by Gasteiger charge is 2.14. The molecule has 24 heavy (non-hydrogen) atoms. The van der Waals surface area contributed by atoms with Crippen LogP contribution in [-0.2, 0) is 0 Å². The van der Waals surface area contributed by atoms with Gasteiger partial charge >= 0.3 is 0 Å². The number of anilines is 2. The zero-order valence-electron chi connectivity index (χ0n) is 13.4. The predicted octanol–water partition coefficient (Wildman–Crippen LogP) is 4.05. The monoisotopic (exact) mass is 320 g/mol. The molecule has 0 amide bonds. The molecule has 120 valence electrons.